The van der Waals surface area contributed by atoms with Crippen LogP contribution in [0.1, 0.15) is 11.3 Å². The predicted molar refractivity (Wildman–Crippen MR) is 111 cm³/mol. The van der Waals surface area contributed by atoms with Crippen molar-refractivity contribution in [2.75, 3.05) is 0 Å². The van der Waals surface area contributed by atoms with Crippen LogP contribution in [0.3, 0.4) is 0 Å². The van der Waals surface area contributed by atoms with E-state index < -0.39 is 40.9 Å². The molecule has 34 heavy (non-hydrogen) atoms. The van der Waals surface area contributed by atoms with Crippen LogP contribution in [-0.2, 0) is 6.11 Å². The highest BCUT2D eigenvalue weighted by Crippen LogP contribution is 2.34. The highest BCUT2D eigenvalue weighted by Gasteiger charge is 2.36. The Balaban J connectivity index is 1.62. The number of aromatic nitrogens is 1. The third-order valence-corrected chi connectivity index (χ3v) is 4.74. The van der Waals surface area contributed by atoms with Crippen molar-refractivity contribution in [2.45, 2.75) is 12.3 Å². The molecule has 0 atom stereocenters. The number of benzene rings is 3. The van der Waals surface area contributed by atoms with Crippen LogP contribution in [0.4, 0.5) is 30.7 Å². The van der Waals surface area contributed by atoms with Gasteiger partial charge in [0.05, 0.1) is 5.56 Å². The molecule has 4 aromatic rings. The molecule has 0 aliphatic carbocycles. The molecular formula is C25H12F7NO. The zero-order valence-electron chi connectivity index (χ0n) is 16.9. The molecule has 4 rings (SSSR count). The summed E-state index contributed by atoms with van der Waals surface area (Å²) in [4.78, 5) is 3.76. The molecule has 0 aliphatic rings. The van der Waals surface area contributed by atoms with E-state index in [0.29, 0.717) is 11.6 Å². The van der Waals surface area contributed by atoms with Gasteiger partial charge in [0.2, 0.25) is 0 Å². The fraction of sp³-hybridized carbons (Fsp3) is 0.0800. The van der Waals surface area contributed by atoms with Gasteiger partial charge in [-0.3, -0.25) is 4.98 Å². The number of rotatable bonds is 4. The maximum atomic E-state index is 14.7. The van der Waals surface area contributed by atoms with Crippen molar-refractivity contribution in [3.8, 4) is 28.7 Å². The van der Waals surface area contributed by atoms with Crippen LogP contribution in [0, 0.1) is 23.5 Å². The zero-order chi connectivity index (χ0) is 24.5. The average Bonchev–Trinajstić information content (AvgIpc) is 2.78. The van der Waals surface area contributed by atoms with E-state index in [4.69, 9.17) is 4.74 Å². The van der Waals surface area contributed by atoms with Gasteiger partial charge in [-0.25, -0.2) is 8.78 Å². The minimum absolute atomic E-state index is 0.201. The molecule has 0 aliphatic heterocycles. The molecule has 0 amide bonds. The number of pyridine rings is 1. The third-order valence-electron chi connectivity index (χ3n) is 4.74. The summed E-state index contributed by atoms with van der Waals surface area (Å²) in [7, 11) is 0. The molecule has 1 heterocycles. The Hall–Kier alpha value is -4.06. The summed E-state index contributed by atoms with van der Waals surface area (Å²) < 4.78 is 99.5. The molecule has 2 nitrogen and oxygen atoms in total. The summed E-state index contributed by atoms with van der Waals surface area (Å²) in [5.41, 5.74) is -0.376. The van der Waals surface area contributed by atoms with E-state index in [1.54, 1.807) is 24.3 Å². The molecule has 0 spiro atoms. The van der Waals surface area contributed by atoms with Gasteiger partial charge in [0, 0.05) is 23.1 Å². The monoisotopic (exact) mass is 475 g/mol. The Morgan fingerprint density at radius 3 is 2.18 bits per heavy atom. The van der Waals surface area contributed by atoms with E-state index >= 15 is 0 Å². The lowest BCUT2D eigenvalue weighted by atomic mass is 10.0. The summed E-state index contributed by atoms with van der Waals surface area (Å²) in [6.07, 6.45) is -7.56. The van der Waals surface area contributed by atoms with Crippen molar-refractivity contribution < 1.29 is 35.5 Å². The van der Waals surface area contributed by atoms with Crippen molar-refractivity contribution in [1.29, 1.82) is 0 Å². The smallest absolute Gasteiger partial charge is 0.428 e. The van der Waals surface area contributed by atoms with E-state index in [9.17, 15) is 30.7 Å². The minimum Gasteiger partial charge on any atom is -0.428 e. The summed E-state index contributed by atoms with van der Waals surface area (Å²) >= 11 is 0. The van der Waals surface area contributed by atoms with Gasteiger partial charge in [-0.05, 0) is 41.3 Å². The average molecular weight is 475 g/mol. The molecule has 9 heteroatoms. The molecule has 1 aromatic heterocycles. The summed E-state index contributed by atoms with van der Waals surface area (Å²) in [6, 6.07) is 15.1. The lowest BCUT2D eigenvalue weighted by molar-refractivity contribution is -0.188. The fourth-order valence-electron chi connectivity index (χ4n) is 3.19. The quantitative estimate of drug-likeness (QED) is 0.230. The van der Waals surface area contributed by atoms with Crippen molar-refractivity contribution in [2.24, 2.45) is 0 Å². The molecule has 0 saturated heterocycles. The van der Waals surface area contributed by atoms with Gasteiger partial charge in [-0.1, -0.05) is 42.3 Å². The lowest BCUT2D eigenvalue weighted by Gasteiger charge is -2.18. The molecule has 0 saturated carbocycles. The molecule has 0 radical (unpaired) electrons. The SMILES string of the molecule is Fc1cc2cc(OC(F)(F)c3ccc(-c4ccccc4)cn3)ccc2c(F)c1C#CC(F)(F)F. The number of nitrogens with zero attached hydrogens (tertiary/aromatic N) is 1. The maximum Gasteiger partial charge on any atom is 0.458 e. The number of ether oxygens (including phenoxy) is 1. The number of fused-ring (bicyclic) bond motifs is 1. The van der Waals surface area contributed by atoms with E-state index in [-0.39, 0.29) is 10.8 Å². The highest BCUT2D eigenvalue weighted by molar-refractivity contribution is 5.86. The second kappa shape index (κ2) is 8.71. The first-order valence-electron chi connectivity index (χ1n) is 9.64. The standard InChI is InChI=1S/C25H12F7NO/c26-21-13-17-12-18(7-8-19(17)23(27)20(21)10-11-24(28,29)30)34-25(31,32)22-9-6-16(14-33-22)15-4-2-1-3-5-15/h1-9,12-14H. The highest BCUT2D eigenvalue weighted by atomic mass is 19.4. The molecule has 0 bridgehead atoms. The summed E-state index contributed by atoms with van der Waals surface area (Å²) in [6.45, 7) is 0. The van der Waals surface area contributed by atoms with E-state index in [0.717, 1.165) is 35.7 Å². The maximum absolute atomic E-state index is 14.7. The lowest BCUT2D eigenvalue weighted by Crippen LogP contribution is -2.23. The van der Waals surface area contributed by atoms with E-state index in [1.165, 1.54) is 18.2 Å². The molecular weight excluding hydrogens is 463 g/mol. The molecule has 0 N–H and O–H groups in total. The van der Waals surface area contributed by atoms with Crippen LogP contribution in [0.15, 0.2) is 72.9 Å². The molecule has 172 valence electrons. The number of halogens is 7. The Morgan fingerprint density at radius 2 is 1.53 bits per heavy atom. The minimum atomic E-state index is -4.94. The van der Waals surface area contributed by atoms with E-state index in [2.05, 4.69) is 4.98 Å². The topological polar surface area (TPSA) is 22.1 Å². The first-order valence-corrected chi connectivity index (χ1v) is 9.64. The van der Waals surface area contributed by atoms with Crippen LogP contribution in [0.2, 0.25) is 0 Å². The predicted octanol–water partition coefficient (Wildman–Crippen LogP) is 7.22. The van der Waals surface area contributed by atoms with Crippen LogP contribution < -0.4 is 4.74 Å². The number of hydrogen-bond donors (Lipinski definition) is 0. The number of alkyl halides is 5. The third kappa shape index (κ3) is 4.96. The van der Waals surface area contributed by atoms with Gasteiger partial charge in [0.25, 0.3) is 0 Å². The summed E-state index contributed by atoms with van der Waals surface area (Å²) in [5, 5.41) is -0.512. The Kier molecular flexibility index (Phi) is 5.92. The molecule has 0 fully saturated rings. The normalized spacial score (nSPS) is 11.7. The van der Waals surface area contributed by atoms with Crippen molar-refractivity contribution in [1.82, 2.24) is 4.98 Å². The second-order valence-corrected chi connectivity index (χ2v) is 7.10. The molecule has 0 unspecified atom stereocenters. The largest absolute Gasteiger partial charge is 0.458 e. The van der Waals surface area contributed by atoms with Gasteiger partial charge < -0.3 is 4.74 Å². The first-order chi connectivity index (χ1) is 16.0. The van der Waals surface area contributed by atoms with Crippen molar-refractivity contribution in [3.63, 3.8) is 0 Å². The van der Waals surface area contributed by atoms with Crippen LogP contribution in [0.25, 0.3) is 21.9 Å². The Morgan fingerprint density at radius 1 is 0.794 bits per heavy atom. The van der Waals surface area contributed by atoms with Crippen molar-refractivity contribution in [3.05, 3.63) is 95.8 Å². The summed E-state index contributed by atoms with van der Waals surface area (Å²) in [5.74, 6) is -0.929. The van der Waals surface area contributed by atoms with Gasteiger partial charge in [0.15, 0.2) is 5.69 Å². The Labute approximate surface area is 188 Å². The Bertz CT molecular complexity index is 1400. The zero-order valence-corrected chi connectivity index (χ0v) is 16.9. The fourth-order valence-corrected chi connectivity index (χ4v) is 3.19. The second-order valence-electron chi connectivity index (χ2n) is 7.10. The molecule has 3 aromatic carbocycles. The van der Waals surface area contributed by atoms with E-state index in [1.807, 2.05) is 6.07 Å². The van der Waals surface area contributed by atoms with Gasteiger partial charge in [-0.15, -0.1) is 0 Å². The van der Waals surface area contributed by atoms with Crippen LogP contribution >= 0.6 is 0 Å². The van der Waals surface area contributed by atoms with Gasteiger partial charge in [0.1, 0.15) is 17.4 Å². The number of hydrogen-bond acceptors (Lipinski definition) is 2. The van der Waals surface area contributed by atoms with Crippen molar-refractivity contribution >= 4 is 10.8 Å². The van der Waals surface area contributed by atoms with Gasteiger partial charge >= 0.3 is 12.3 Å². The van der Waals surface area contributed by atoms with Crippen LogP contribution in [0.5, 0.6) is 5.75 Å². The van der Waals surface area contributed by atoms with Gasteiger partial charge in [-0.2, -0.15) is 22.0 Å². The first kappa shape index (κ1) is 23.1. The van der Waals surface area contributed by atoms with Crippen LogP contribution in [-0.4, -0.2) is 11.2 Å².